The van der Waals surface area contributed by atoms with Crippen LogP contribution in [0.15, 0.2) is 18.2 Å². The van der Waals surface area contributed by atoms with Crippen molar-refractivity contribution in [3.05, 3.63) is 35.4 Å². The van der Waals surface area contributed by atoms with Crippen LogP contribution in [0.5, 0.6) is 0 Å². The molecule has 0 spiro atoms. The molecule has 178 valence electrons. The van der Waals surface area contributed by atoms with Crippen LogP contribution in [0.1, 0.15) is 45.1 Å². The SMILES string of the molecule is CC(C)[C@H](NC(=O)C[C@@H]1CCC(=O)N1Cc1cccc(F)c1F)C(=O)OCCC(F)(F)F. The Morgan fingerprint density at radius 2 is 1.94 bits per heavy atom. The molecule has 1 aromatic rings. The minimum atomic E-state index is -4.48. The second-order valence-electron chi connectivity index (χ2n) is 7.95. The lowest BCUT2D eigenvalue weighted by Gasteiger charge is -2.26. The second kappa shape index (κ2) is 10.7. The lowest BCUT2D eigenvalue weighted by atomic mass is 10.0. The number of nitrogens with one attached hydrogen (secondary N) is 1. The van der Waals surface area contributed by atoms with Gasteiger partial charge in [0.2, 0.25) is 11.8 Å². The Labute approximate surface area is 182 Å². The Hall–Kier alpha value is -2.72. The summed E-state index contributed by atoms with van der Waals surface area (Å²) in [5.74, 6) is -4.50. The first-order chi connectivity index (χ1) is 14.9. The van der Waals surface area contributed by atoms with E-state index in [4.69, 9.17) is 0 Å². The first-order valence-electron chi connectivity index (χ1n) is 10.1. The van der Waals surface area contributed by atoms with Crippen molar-refractivity contribution in [2.24, 2.45) is 5.92 Å². The smallest absolute Gasteiger partial charge is 0.392 e. The molecule has 1 aliphatic heterocycles. The van der Waals surface area contributed by atoms with E-state index in [1.165, 1.54) is 17.0 Å². The molecule has 0 bridgehead atoms. The number of carbonyl (C=O) groups excluding carboxylic acids is 3. The van der Waals surface area contributed by atoms with Gasteiger partial charge in [0.05, 0.1) is 6.42 Å². The Balaban J connectivity index is 1.98. The number of alkyl halides is 3. The lowest BCUT2D eigenvalue weighted by molar-refractivity contribution is -0.162. The maximum absolute atomic E-state index is 14.0. The predicted molar refractivity (Wildman–Crippen MR) is 103 cm³/mol. The first kappa shape index (κ1) is 25.5. The predicted octanol–water partition coefficient (Wildman–Crippen LogP) is 3.48. The molecule has 11 heteroatoms. The minimum Gasteiger partial charge on any atom is -0.464 e. The van der Waals surface area contributed by atoms with Gasteiger partial charge in [0, 0.05) is 31.0 Å². The highest BCUT2D eigenvalue weighted by Gasteiger charge is 2.35. The number of halogens is 5. The minimum absolute atomic E-state index is 0.0287. The lowest BCUT2D eigenvalue weighted by Crippen LogP contribution is -2.47. The van der Waals surface area contributed by atoms with Crippen LogP contribution in [0.3, 0.4) is 0 Å². The molecule has 32 heavy (non-hydrogen) atoms. The molecule has 0 unspecified atom stereocenters. The second-order valence-corrected chi connectivity index (χ2v) is 7.95. The highest BCUT2D eigenvalue weighted by Crippen LogP contribution is 2.25. The number of likely N-dealkylation sites (tertiary alicyclic amines) is 1. The van der Waals surface area contributed by atoms with E-state index in [9.17, 15) is 36.3 Å². The number of hydrogen-bond donors (Lipinski definition) is 1. The summed E-state index contributed by atoms with van der Waals surface area (Å²) in [5, 5.41) is 2.44. The van der Waals surface area contributed by atoms with Gasteiger partial charge in [-0.05, 0) is 18.4 Å². The van der Waals surface area contributed by atoms with Gasteiger partial charge in [-0.2, -0.15) is 13.2 Å². The summed E-state index contributed by atoms with van der Waals surface area (Å²) in [6, 6.07) is 1.84. The number of hydrogen-bond acceptors (Lipinski definition) is 4. The monoisotopic (exact) mass is 464 g/mol. The Bertz CT molecular complexity index is 844. The van der Waals surface area contributed by atoms with Gasteiger partial charge in [0.1, 0.15) is 12.6 Å². The number of rotatable bonds is 9. The third-order valence-corrected chi connectivity index (χ3v) is 5.11. The molecule has 0 radical (unpaired) electrons. The molecule has 6 nitrogen and oxygen atoms in total. The van der Waals surface area contributed by atoms with Crippen molar-refractivity contribution < 1.29 is 41.1 Å². The number of amides is 2. The summed E-state index contributed by atoms with van der Waals surface area (Å²) >= 11 is 0. The van der Waals surface area contributed by atoms with Gasteiger partial charge in [-0.3, -0.25) is 9.59 Å². The molecule has 1 fully saturated rings. The fraction of sp³-hybridized carbons (Fsp3) is 0.571. The molecular formula is C21H25F5N2O4. The average molecular weight is 464 g/mol. The summed E-state index contributed by atoms with van der Waals surface area (Å²) in [7, 11) is 0. The van der Waals surface area contributed by atoms with Crippen molar-refractivity contribution in [3.8, 4) is 0 Å². The quantitative estimate of drug-likeness (QED) is 0.449. The van der Waals surface area contributed by atoms with Crippen molar-refractivity contribution in [3.63, 3.8) is 0 Å². The third kappa shape index (κ3) is 7.16. The van der Waals surface area contributed by atoms with Crippen molar-refractivity contribution in [2.45, 2.75) is 64.3 Å². The molecule has 0 aliphatic carbocycles. The van der Waals surface area contributed by atoms with Crippen molar-refractivity contribution in [1.82, 2.24) is 10.2 Å². The number of esters is 1. The summed E-state index contributed by atoms with van der Waals surface area (Å²) in [4.78, 5) is 38.1. The molecule has 1 aliphatic rings. The molecule has 2 amide bonds. The van der Waals surface area contributed by atoms with E-state index in [1.807, 2.05) is 0 Å². The Kier molecular flexibility index (Phi) is 8.57. The highest BCUT2D eigenvalue weighted by molar-refractivity contribution is 5.86. The van der Waals surface area contributed by atoms with Gasteiger partial charge >= 0.3 is 12.1 Å². The summed E-state index contributed by atoms with van der Waals surface area (Å²) < 4.78 is 68.8. The van der Waals surface area contributed by atoms with Gasteiger partial charge in [-0.1, -0.05) is 26.0 Å². The zero-order valence-electron chi connectivity index (χ0n) is 17.7. The molecule has 0 aromatic heterocycles. The number of nitrogens with zero attached hydrogens (tertiary/aromatic N) is 1. The van der Waals surface area contributed by atoms with E-state index in [0.717, 1.165) is 6.07 Å². The van der Waals surface area contributed by atoms with E-state index >= 15 is 0 Å². The van der Waals surface area contributed by atoms with Crippen molar-refractivity contribution in [1.29, 1.82) is 0 Å². The molecule has 1 heterocycles. The zero-order chi connectivity index (χ0) is 24.1. The summed E-state index contributed by atoms with van der Waals surface area (Å²) in [5.41, 5.74) is -0.0287. The van der Waals surface area contributed by atoms with E-state index in [0.29, 0.717) is 6.42 Å². The Morgan fingerprint density at radius 3 is 2.56 bits per heavy atom. The molecule has 0 saturated carbocycles. The van der Waals surface area contributed by atoms with Gasteiger partial charge < -0.3 is 15.0 Å². The Morgan fingerprint density at radius 1 is 1.25 bits per heavy atom. The van der Waals surface area contributed by atoms with E-state index in [1.54, 1.807) is 13.8 Å². The first-order valence-corrected chi connectivity index (χ1v) is 10.1. The van der Waals surface area contributed by atoms with Crippen LogP contribution in [0.4, 0.5) is 22.0 Å². The fourth-order valence-electron chi connectivity index (χ4n) is 3.38. The maximum Gasteiger partial charge on any atom is 0.392 e. The van der Waals surface area contributed by atoms with Crippen LogP contribution in [0.2, 0.25) is 0 Å². The molecule has 1 saturated heterocycles. The molecule has 1 aromatic carbocycles. The third-order valence-electron chi connectivity index (χ3n) is 5.11. The maximum atomic E-state index is 14.0. The van der Waals surface area contributed by atoms with E-state index in [-0.39, 0.29) is 30.9 Å². The number of benzene rings is 1. The summed E-state index contributed by atoms with van der Waals surface area (Å²) in [6.45, 7) is 2.11. The topological polar surface area (TPSA) is 75.7 Å². The highest BCUT2D eigenvalue weighted by atomic mass is 19.4. The molecule has 1 N–H and O–H groups in total. The van der Waals surface area contributed by atoms with Crippen molar-refractivity contribution >= 4 is 17.8 Å². The van der Waals surface area contributed by atoms with Crippen LogP contribution in [0, 0.1) is 17.6 Å². The molecular weight excluding hydrogens is 439 g/mol. The standard InChI is InChI=1S/C21H25F5N2O4/c1-12(2)19(20(31)32-9-8-21(24,25)26)27-16(29)10-14-6-7-17(30)28(14)11-13-4-3-5-15(22)18(13)23/h3-5,12,14,19H,6-11H2,1-2H3,(H,27,29)/t14-,19-/m0/s1. The van der Waals surface area contributed by atoms with Crippen LogP contribution in [0.25, 0.3) is 0 Å². The molecule has 2 atom stereocenters. The average Bonchev–Trinajstić information content (AvgIpc) is 3.01. The largest absolute Gasteiger partial charge is 0.464 e. The van der Waals surface area contributed by atoms with Gasteiger partial charge in [-0.25, -0.2) is 13.6 Å². The van der Waals surface area contributed by atoms with Gasteiger partial charge in [0.15, 0.2) is 11.6 Å². The van der Waals surface area contributed by atoms with E-state index < -0.39 is 60.7 Å². The fourth-order valence-corrected chi connectivity index (χ4v) is 3.38. The van der Waals surface area contributed by atoms with Crippen LogP contribution in [-0.2, 0) is 25.7 Å². The van der Waals surface area contributed by atoms with Crippen LogP contribution >= 0.6 is 0 Å². The molecule has 2 rings (SSSR count). The normalized spacial score (nSPS) is 17.6. The zero-order valence-corrected chi connectivity index (χ0v) is 17.7. The number of carbonyl (C=O) groups is 3. The van der Waals surface area contributed by atoms with Gasteiger partial charge in [0.25, 0.3) is 0 Å². The van der Waals surface area contributed by atoms with Crippen molar-refractivity contribution in [2.75, 3.05) is 6.61 Å². The number of ether oxygens (including phenoxy) is 1. The summed E-state index contributed by atoms with van der Waals surface area (Å²) in [6.07, 6.45) is -5.54. The van der Waals surface area contributed by atoms with Crippen LogP contribution < -0.4 is 5.32 Å². The van der Waals surface area contributed by atoms with Gasteiger partial charge in [-0.15, -0.1) is 0 Å². The van der Waals surface area contributed by atoms with E-state index in [2.05, 4.69) is 10.1 Å². The van der Waals surface area contributed by atoms with Crippen LogP contribution in [-0.4, -0.2) is 47.6 Å².